The monoisotopic (exact) mass is 378 g/mol. The minimum Gasteiger partial charge on any atom is -0.497 e. The highest BCUT2D eigenvalue weighted by atomic mass is 32.2. The highest BCUT2D eigenvalue weighted by Crippen LogP contribution is 2.18. The summed E-state index contributed by atoms with van der Waals surface area (Å²) in [6, 6.07) is 7.04. The van der Waals surface area contributed by atoms with Crippen LogP contribution in [0.3, 0.4) is 0 Å². The maximum absolute atomic E-state index is 11.7. The van der Waals surface area contributed by atoms with Crippen LogP contribution >= 0.6 is 11.8 Å². The molecule has 2 aromatic rings. The van der Waals surface area contributed by atoms with E-state index in [1.807, 2.05) is 38.1 Å². The molecule has 0 saturated carbocycles. The zero-order chi connectivity index (χ0) is 18.9. The summed E-state index contributed by atoms with van der Waals surface area (Å²) in [4.78, 5) is 23.2. The van der Waals surface area contributed by atoms with Crippen molar-refractivity contribution >= 4 is 23.7 Å². The lowest BCUT2D eigenvalue weighted by atomic mass is 10.1. The summed E-state index contributed by atoms with van der Waals surface area (Å²) in [5.41, 5.74) is 1.01. The predicted octanol–water partition coefficient (Wildman–Crippen LogP) is 2.24. The van der Waals surface area contributed by atoms with Crippen molar-refractivity contribution in [2.24, 2.45) is 5.92 Å². The Morgan fingerprint density at radius 1 is 1.23 bits per heavy atom. The maximum Gasteiger partial charge on any atom is 0.321 e. The molecule has 0 atom stereocenters. The van der Waals surface area contributed by atoms with Crippen LogP contribution in [0.15, 0.2) is 33.9 Å². The standard InChI is InChI=1S/C17H22N4O4S/c1-11(2)9-18-16(23)19-14(22)10-26-17-21-20-15(25-17)8-12-4-6-13(24-3)7-5-12/h4-7,11H,8-10H2,1-3H3,(H2,18,19,22,23). The van der Waals surface area contributed by atoms with Gasteiger partial charge in [0.1, 0.15) is 5.75 Å². The number of amides is 3. The summed E-state index contributed by atoms with van der Waals surface area (Å²) >= 11 is 1.08. The molecule has 1 aromatic heterocycles. The number of ether oxygens (including phenoxy) is 1. The molecule has 0 radical (unpaired) electrons. The van der Waals surface area contributed by atoms with Crippen molar-refractivity contribution in [3.63, 3.8) is 0 Å². The quantitative estimate of drug-likeness (QED) is 0.679. The lowest BCUT2D eigenvalue weighted by Gasteiger charge is -2.07. The van der Waals surface area contributed by atoms with Gasteiger partial charge in [-0.2, -0.15) is 0 Å². The third-order valence-corrected chi connectivity index (χ3v) is 4.03. The van der Waals surface area contributed by atoms with Crippen LogP contribution in [0.5, 0.6) is 5.75 Å². The van der Waals surface area contributed by atoms with Crippen LogP contribution in [0.25, 0.3) is 0 Å². The molecule has 3 amide bonds. The van der Waals surface area contributed by atoms with Gasteiger partial charge in [-0.1, -0.05) is 37.7 Å². The van der Waals surface area contributed by atoms with Crippen molar-refractivity contribution in [3.8, 4) is 5.75 Å². The summed E-state index contributed by atoms with van der Waals surface area (Å²) in [5.74, 6) is 1.13. The number of aromatic nitrogens is 2. The number of hydrogen-bond donors (Lipinski definition) is 2. The van der Waals surface area contributed by atoms with Gasteiger partial charge < -0.3 is 14.5 Å². The van der Waals surface area contributed by atoms with Crippen LogP contribution in [0.2, 0.25) is 0 Å². The number of nitrogens with zero attached hydrogens (tertiary/aromatic N) is 2. The minimum absolute atomic E-state index is 0.0132. The molecule has 26 heavy (non-hydrogen) atoms. The van der Waals surface area contributed by atoms with Gasteiger partial charge in [0.2, 0.25) is 11.8 Å². The Morgan fingerprint density at radius 2 is 1.96 bits per heavy atom. The number of carbonyl (C=O) groups is 2. The largest absolute Gasteiger partial charge is 0.497 e. The fraction of sp³-hybridized carbons (Fsp3) is 0.412. The Hall–Kier alpha value is -2.55. The molecule has 0 aliphatic carbocycles. The minimum atomic E-state index is -0.505. The molecule has 0 aliphatic rings. The number of carbonyl (C=O) groups excluding carboxylic acids is 2. The first kappa shape index (κ1) is 19.8. The van der Waals surface area contributed by atoms with Gasteiger partial charge in [0.05, 0.1) is 19.3 Å². The first-order valence-electron chi connectivity index (χ1n) is 8.12. The van der Waals surface area contributed by atoms with Crippen molar-refractivity contribution in [2.45, 2.75) is 25.5 Å². The number of nitrogens with one attached hydrogen (secondary N) is 2. The lowest BCUT2D eigenvalue weighted by molar-refractivity contribution is -0.117. The summed E-state index contributed by atoms with van der Waals surface area (Å²) < 4.78 is 10.6. The molecule has 0 bridgehead atoms. The topological polar surface area (TPSA) is 106 Å². The summed E-state index contributed by atoms with van der Waals surface area (Å²) in [6.07, 6.45) is 0.487. The molecule has 0 saturated heterocycles. The molecule has 0 unspecified atom stereocenters. The van der Waals surface area contributed by atoms with Gasteiger partial charge in [-0.15, -0.1) is 10.2 Å². The Balaban J connectivity index is 1.76. The first-order chi connectivity index (χ1) is 12.5. The normalized spacial score (nSPS) is 10.6. The molecular formula is C17H22N4O4S. The molecule has 1 heterocycles. The Morgan fingerprint density at radius 3 is 2.62 bits per heavy atom. The van der Waals surface area contributed by atoms with Gasteiger partial charge in [0, 0.05) is 6.54 Å². The highest BCUT2D eigenvalue weighted by Gasteiger charge is 2.12. The molecule has 1 aromatic carbocycles. The van der Waals surface area contributed by atoms with Gasteiger partial charge in [-0.05, 0) is 23.6 Å². The van der Waals surface area contributed by atoms with Crippen molar-refractivity contribution in [1.29, 1.82) is 0 Å². The second-order valence-electron chi connectivity index (χ2n) is 5.93. The van der Waals surface area contributed by atoms with E-state index < -0.39 is 11.9 Å². The third kappa shape index (κ3) is 6.75. The Bertz CT molecular complexity index is 731. The maximum atomic E-state index is 11.7. The number of thioether (sulfide) groups is 1. The Kier molecular flexibility index (Phi) is 7.46. The molecular weight excluding hydrogens is 356 g/mol. The number of benzene rings is 1. The smallest absolute Gasteiger partial charge is 0.321 e. The van der Waals surface area contributed by atoms with Gasteiger partial charge in [-0.3, -0.25) is 10.1 Å². The number of urea groups is 1. The molecule has 140 valence electrons. The zero-order valence-corrected chi connectivity index (χ0v) is 15.8. The van der Waals surface area contributed by atoms with Crippen LogP contribution in [0.1, 0.15) is 25.3 Å². The number of hydrogen-bond acceptors (Lipinski definition) is 7. The fourth-order valence-corrected chi connectivity index (χ4v) is 2.50. The van der Waals surface area contributed by atoms with Gasteiger partial charge >= 0.3 is 6.03 Å². The molecule has 0 aliphatic heterocycles. The molecule has 2 rings (SSSR count). The van der Waals surface area contributed by atoms with Crippen LogP contribution in [-0.4, -0.2) is 41.5 Å². The summed E-state index contributed by atoms with van der Waals surface area (Å²) in [7, 11) is 1.61. The van der Waals surface area contributed by atoms with Crippen LogP contribution in [-0.2, 0) is 11.2 Å². The number of methoxy groups -OCH3 is 1. The predicted molar refractivity (Wildman–Crippen MR) is 97.2 cm³/mol. The van der Waals surface area contributed by atoms with Gasteiger partial charge in [0.25, 0.3) is 5.22 Å². The van der Waals surface area contributed by atoms with Crippen molar-refractivity contribution in [1.82, 2.24) is 20.8 Å². The second kappa shape index (κ2) is 9.81. The van der Waals surface area contributed by atoms with Crippen LogP contribution < -0.4 is 15.4 Å². The SMILES string of the molecule is COc1ccc(Cc2nnc(SCC(=O)NC(=O)NCC(C)C)o2)cc1. The molecule has 9 heteroatoms. The van der Waals surface area contributed by atoms with Crippen LogP contribution in [0, 0.1) is 5.92 Å². The average Bonchev–Trinajstić information content (AvgIpc) is 3.06. The number of imide groups is 1. The molecule has 0 fully saturated rings. The molecule has 2 N–H and O–H groups in total. The van der Waals surface area contributed by atoms with Gasteiger partial charge in [0.15, 0.2) is 0 Å². The highest BCUT2D eigenvalue weighted by molar-refractivity contribution is 7.99. The van der Waals surface area contributed by atoms with E-state index in [0.29, 0.717) is 24.8 Å². The summed E-state index contributed by atoms with van der Waals surface area (Å²) in [5, 5.41) is 13.0. The molecule has 0 spiro atoms. The van der Waals surface area contributed by atoms with E-state index >= 15 is 0 Å². The first-order valence-corrected chi connectivity index (χ1v) is 9.10. The van der Waals surface area contributed by atoms with E-state index in [1.54, 1.807) is 7.11 Å². The summed E-state index contributed by atoms with van der Waals surface area (Å²) in [6.45, 7) is 4.44. The zero-order valence-electron chi connectivity index (χ0n) is 14.9. The van der Waals surface area contributed by atoms with E-state index in [-0.39, 0.29) is 11.0 Å². The van der Waals surface area contributed by atoms with Crippen molar-refractivity contribution < 1.29 is 18.7 Å². The van der Waals surface area contributed by atoms with E-state index in [9.17, 15) is 9.59 Å². The van der Waals surface area contributed by atoms with Gasteiger partial charge in [-0.25, -0.2) is 4.79 Å². The second-order valence-corrected chi connectivity index (χ2v) is 6.85. The van der Waals surface area contributed by atoms with Crippen molar-refractivity contribution in [2.75, 3.05) is 19.4 Å². The van der Waals surface area contributed by atoms with E-state index in [1.165, 1.54) is 0 Å². The Labute approximate surface area is 156 Å². The van der Waals surface area contributed by atoms with E-state index in [4.69, 9.17) is 9.15 Å². The average molecular weight is 378 g/mol. The third-order valence-electron chi connectivity index (χ3n) is 3.21. The van der Waals surface area contributed by atoms with Crippen molar-refractivity contribution in [3.05, 3.63) is 35.7 Å². The van der Waals surface area contributed by atoms with E-state index in [0.717, 1.165) is 23.1 Å². The molecule has 8 nitrogen and oxygen atoms in total. The number of rotatable bonds is 8. The lowest BCUT2D eigenvalue weighted by Crippen LogP contribution is -2.41. The fourth-order valence-electron chi connectivity index (χ4n) is 1.92. The van der Waals surface area contributed by atoms with Crippen LogP contribution in [0.4, 0.5) is 4.79 Å². The van der Waals surface area contributed by atoms with E-state index in [2.05, 4.69) is 20.8 Å².